The number of amides is 2. The number of nitrogens with one attached hydrogen (secondary N) is 1. The molecule has 0 saturated carbocycles. The molecule has 29 heavy (non-hydrogen) atoms. The molecule has 0 bridgehead atoms. The molecule has 146 valence electrons. The van der Waals surface area contributed by atoms with Crippen molar-refractivity contribution in [1.29, 1.82) is 0 Å². The number of benzene rings is 2. The van der Waals surface area contributed by atoms with Crippen LogP contribution in [0.4, 0.5) is 11.9 Å². The van der Waals surface area contributed by atoms with E-state index in [1.807, 2.05) is 42.5 Å². The molecule has 1 fully saturated rings. The van der Waals surface area contributed by atoms with E-state index in [9.17, 15) is 9.59 Å². The van der Waals surface area contributed by atoms with Crippen molar-refractivity contribution < 1.29 is 9.59 Å². The zero-order chi connectivity index (χ0) is 20.0. The molecule has 0 unspecified atom stereocenters. The maximum Gasteiger partial charge on any atom is 0.260 e. The first-order valence-corrected chi connectivity index (χ1v) is 9.88. The topological polar surface area (TPSA) is 80.1 Å². The van der Waals surface area contributed by atoms with E-state index in [1.54, 1.807) is 4.68 Å². The lowest BCUT2D eigenvalue weighted by Gasteiger charge is -2.32. The van der Waals surface area contributed by atoms with E-state index in [2.05, 4.69) is 27.5 Å². The lowest BCUT2D eigenvalue weighted by atomic mass is 9.93. The highest BCUT2D eigenvalue weighted by atomic mass is 35.5. The molecule has 2 amide bonds. The van der Waals surface area contributed by atoms with E-state index in [-0.39, 0.29) is 42.7 Å². The molecule has 8 heteroatoms. The molecule has 2 aliphatic rings. The third-order valence-electron chi connectivity index (χ3n) is 5.40. The van der Waals surface area contributed by atoms with Crippen molar-refractivity contribution in [3.05, 3.63) is 70.7 Å². The van der Waals surface area contributed by atoms with Gasteiger partial charge in [-0.15, -0.1) is 5.10 Å². The molecular formula is C21H18ClN5O2. The molecule has 2 atom stereocenters. The summed E-state index contributed by atoms with van der Waals surface area (Å²) in [6.07, 6.45) is 1.08. The second kappa shape index (κ2) is 7.00. The van der Waals surface area contributed by atoms with Crippen LogP contribution in [0.5, 0.6) is 0 Å². The summed E-state index contributed by atoms with van der Waals surface area (Å²) in [7, 11) is 0. The van der Waals surface area contributed by atoms with Crippen LogP contribution >= 0.6 is 11.6 Å². The van der Waals surface area contributed by atoms with Gasteiger partial charge in [-0.05, 0) is 23.6 Å². The summed E-state index contributed by atoms with van der Waals surface area (Å²) in [6.45, 7) is 0. The Labute approximate surface area is 172 Å². The van der Waals surface area contributed by atoms with Gasteiger partial charge in [0.15, 0.2) is 0 Å². The molecule has 0 aliphatic carbocycles. The number of rotatable bonds is 3. The lowest BCUT2D eigenvalue weighted by Crippen LogP contribution is -2.30. The van der Waals surface area contributed by atoms with Gasteiger partial charge in [0, 0.05) is 17.9 Å². The quantitative estimate of drug-likeness (QED) is 0.669. The molecule has 1 N–H and O–H groups in total. The van der Waals surface area contributed by atoms with Crippen LogP contribution in [0.2, 0.25) is 5.02 Å². The van der Waals surface area contributed by atoms with E-state index >= 15 is 0 Å². The monoisotopic (exact) mass is 407 g/mol. The number of carbonyl (C=O) groups is 2. The first kappa shape index (κ1) is 17.9. The van der Waals surface area contributed by atoms with Crippen LogP contribution < -0.4 is 10.2 Å². The van der Waals surface area contributed by atoms with Crippen molar-refractivity contribution >= 4 is 35.3 Å². The maximum atomic E-state index is 12.2. The van der Waals surface area contributed by atoms with Gasteiger partial charge < -0.3 is 5.32 Å². The molecule has 1 saturated heterocycles. The molecule has 0 spiro atoms. The lowest BCUT2D eigenvalue weighted by molar-refractivity contribution is -0.121. The largest absolute Gasteiger partial charge is 0.347 e. The van der Waals surface area contributed by atoms with E-state index in [1.165, 1.54) is 0 Å². The number of fused-ring (bicyclic) bond motifs is 1. The second-order valence-corrected chi connectivity index (χ2v) is 7.59. The SMILES string of the molecule is O=C1CCC(=O)N1c1nc2n(n1)[C@H](c1ccccc1Cl)C[C@@H](c1ccccc1)N2. The van der Waals surface area contributed by atoms with Crippen molar-refractivity contribution in [2.24, 2.45) is 0 Å². The Morgan fingerprint density at radius 3 is 2.38 bits per heavy atom. The van der Waals surface area contributed by atoms with E-state index in [4.69, 9.17) is 11.6 Å². The first-order valence-electron chi connectivity index (χ1n) is 9.50. The summed E-state index contributed by atoms with van der Waals surface area (Å²) in [4.78, 5) is 29.9. The first-order chi connectivity index (χ1) is 14.1. The third kappa shape index (κ3) is 3.07. The van der Waals surface area contributed by atoms with Gasteiger partial charge in [-0.3, -0.25) is 9.59 Å². The van der Waals surface area contributed by atoms with Crippen molar-refractivity contribution in [2.45, 2.75) is 31.3 Å². The summed E-state index contributed by atoms with van der Waals surface area (Å²) in [6, 6.07) is 17.5. The number of hydrogen-bond acceptors (Lipinski definition) is 5. The van der Waals surface area contributed by atoms with Gasteiger partial charge in [-0.2, -0.15) is 4.98 Å². The van der Waals surface area contributed by atoms with Gasteiger partial charge >= 0.3 is 0 Å². The van der Waals surface area contributed by atoms with Crippen LogP contribution in [-0.2, 0) is 9.59 Å². The van der Waals surface area contributed by atoms with Gasteiger partial charge in [0.1, 0.15) is 0 Å². The zero-order valence-corrected chi connectivity index (χ0v) is 16.2. The Morgan fingerprint density at radius 1 is 0.966 bits per heavy atom. The molecule has 2 aliphatic heterocycles. The maximum absolute atomic E-state index is 12.2. The number of carbonyl (C=O) groups excluding carboxylic acids is 2. The summed E-state index contributed by atoms with van der Waals surface area (Å²) >= 11 is 6.50. The van der Waals surface area contributed by atoms with E-state index in [0.29, 0.717) is 17.4 Å². The number of halogens is 1. The van der Waals surface area contributed by atoms with Crippen molar-refractivity contribution in [3.8, 4) is 0 Å². The fraction of sp³-hybridized carbons (Fsp3) is 0.238. The van der Waals surface area contributed by atoms with Crippen LogP contribution in [0, 0.1) is 0 Å². The molecule has 5 rings (SSSR count). The predicted molar refractivity (Wildman–Crippen MR) is 109 cm³/mol. The van der Waals surface area contributed by atoms with E-state index in [0.717, 1.165) is 16.0 Å². The summed E-state index contributed by atoms with van der Waals surface area (Å²) in [5.74, 6) is 0.0852. The average molecular weight is 408 g/mol. The Hall–Kier alpha value is -3.19. The zero-order valence-electron chi connectivity index (χ0n) is 15.5. The Morgan fingerprint density at radius 2 is 1.66 bits per heavy atom. The van der Waals surface area contributed by atoms with Crippen LogP contribution in [0.15, 0.2) is 54.6 Å². The van der Waals surface area contributed by atoms with Crippen molar-refractivity contribution in [3.63, 3.8) is 0 Å². The van der Waals surface area contributed by atoms with Crippen LogP contribution in [0.25, 0.3) is 0 Å². The Kier molecular flexibility index (Phi) is 4.32. The van der Waals surface area contributed by atoms with Crippen LogP contribution in [-0.4, -0.2) is 26.6 Å². The molecule has 7 nitrogen and oxygen atoms in total. The molecule has 1 aromatic heterocycles. The van der Waals surface area contributed by atoms with Gasteiger partial charge in [0.05, 0.1) is 12.1 Å². The minimum atomic E-state index is -0.271. The van der Waals surface area contributed by atoms with Gasteiger partial charge in [0.25, 0.3) is 5.95 Å². The average Bonchev–Trinajstić information content (AvgIpc) is 3.30. The summed E-state index contributed by atoms with van der Waals surface area (Å²) in [5, 5.41) is 8.57. The Balaban J connectivity index is 1.61. The van der Waals surface area contributed by atoms with E-state index < -0.39 is 0 Å². The summed E-state index contributed by atoms with van der Waals surface area (Å²) < 4.78 is 1.73. The van der Waals surface area contributed by atoms with Gasteiger partial charge in [0.2, 0.25) is 17.8 Å². The fourth-order valence-corrected chi connectivity index (χ4v) is 4.23. The third-order valence-corrected chi connectivity index (χ3v) is 5.74. The van der Waals surface area contributed by atoms with Crippen LogP contribution in [0.3, 0.4) is 0 Å². The molecule has 3 aromatic rings. The van der Waals surface area contributed by atoms with Gasteiger partial charge in [-0.1, -0.05) is 60.1 Å². The molecule has 0 radical (unpaired) electrons. The highest BCUT2D eigenvalue weighted by molar-refractivity contribution is 6.31. The summed E-state index contributed by atoms with van der Waals surface area (Å²) in [5.41, 5.74) is 2.04. The number of aromatic nitrogens is 3. The smallest absolute Gasteiger partial charge is 0.260 e. The van der Waals surface area contributed by atoms with Crippen molar-refractivity contribution in [1.82, 2.24) is 14.8 Å². The van der Waals surface area contributed by atoms with Gasteiger partial charge in [-0.25, -0.2) is 9.58 Å². The predicted octanol–water partition coefficient (Wildman–Crippen LogP) is 3.73. The highest BCUT2D eigenvalue weighted by Gasteiger charge is 2.37. The number of nitrogens with zero attached hydrogens (tertiary/aromatic N) is 4. The highest BCUT2D eigenvalue weighted by Crippen LogP contribution is 2.40. The van der Waals surface area contributed by atoms with Crippen LogP contribution in [0.1, 0.15) is 42.5 Å². The number of hydrogen-bond donors (Lipinski definition) is 1. The molecule has 2 aromatic carbocycles. The van der Waals surface area contributed by atoms with Crippen molar-refractivity contribution in [2.75, 3.05) is 10.2 Å². The molecular weight excluding hydrogens is 390 g/mol. The molecule has 3 heterocycles. The number of anilines is 2. The Bertz CT molecular complexity index is 1080. The fourth-order valence-electron chi connectivity index (χ4n) is 3.97. The minimum absolute atomic E-state index is 0.00740. The standard InChI is InChI=1S/C21H18ClN5O2/c22-15-9-5-4-8-14(15)17-12-16(13-6-2-1-3-7-13)23-20-24-21(25-27(17)20)26-18(28)10-11-19(26)29/h1-9,16-17H,10-12H2,(H,23,24,25)/t16-,17-/m0/s1. The second-order valence-electron chi connectivity index (χ2n) is 7.18. The normalized spacial score (nSPS) is 21.2. The minimum Gasteiger partial charge on any atom is -0.347 e. The number of imide groups is 1.